The molecule has 0 aromatic heterocycles. The van der Waals surface area contributed by atoms with Gasteiger partial charge in [-0.05, 0) is 19.3 Å². The first kappa shape index (κ1) is 11.9. The van der Waals surface area contributed by atoms with Crippen LogP contribution in [0.1, 0.15) is 19.3 Å². The second kappa shape index (κ2) is 4.11. The van der Waals surface area contributed by atoms with Crippen LogP contribution in [0.25, 0.3) is 0 Å². The van der Waals surface area contributed by atoms with Crippen LogP contribution in [-0.2, 0) is 4.79 Å². The molecule has 1 fully saturated rings. The van der Waals surface area contributed by atoms with Gasteiger partial charge >= 0.3 is 0 Å². The van der Waals surface area contributed by atoms with Gasteiger partial charge in [-0.2, -0.15) is 5.26 Å². The van der Waals surface area contributed by atoms with Gasteiger partial charge in [0.05, 0.1) is 12.6 Å². The number of nitriles is 1. The fourth-order valence-electron chi connectivity index (χ4n) is 1.35. The van der Waals surface area contributed by atoms with Crippen LogP contribution < -0.4 is 5.32 Å². The summed E-state index contributed by atoms with van der Waals surface area (Å²) in [5.74, 6) is -3.99. The van der Waals surface area contributed by atoms with E-state index in [0.717, 1.165) is 6.42 Å². The third kappa shape index (κ3) is 2.42. The van der Waals surface area contributed by atoms with Crippen LogP contribution in [-0.4, -0.2) is 30.1 Å². The lowest BCUT2D eigenvalue weighted by Crippen LogP contribution is -2.48. The fraction of sp³-hybridized carbons (Fsp3) is 0.778. The molecule has 1 saturated carbocycles. The van der Waals surface area contributed by atoms with Gasteiger partial charge in [0, 0.05) is 0 Å². The number of rotatable bonds is 4. The van der Waals surface area contributed by atoms with Crippen molar-refractivity contribution in [1.82, 2.24) is 5.32 Å². The van der Waals surface area contributed by atoms with Gasteiger partial charge in [0.25, 0.3) is 5.92 Å². The zero-order valence-electron chi connectivity index (χ0n) is 8.09. The van der Waals surface area contributed by atoms with Crippen LogP contribution in [0, 0.1) is 16.7 Å². The van der Waals surface area contributed by atoms with Crippen LogP contribution in [0.5, 0.6) is 0 Å². The van der Waals surface area contributed by atoms with E-state index in [4.69, 9.17) is 10.4 Å². The number of carbonyl (C=O) groups is 1. The minimum atomic E-state index is -3.32. The highest BCUT2D eigenvalue weighted by Gasteiger charge is 2.45. The molecule has 1 aliphatic rings. The van der Waals surface area contributed by atoms with Crippen molar-refractivity contribution in [1.29, 1.82) is 5.26 Å². The number of nitrogens with zero attached hydrogens (tertiary/aromatic N) is 1. The van der Waals surface area contributed by atoms with E-state index in [9.17, 15) is 13.6 Å². The first-order valence-electron chi connectivity index (χ1n) is 4.64. The molecule has 1 amide bonds. The zero-order chi connectivity index (χ0) is 11.5. The predicted molar refractivity (Wildman–Crippen MR) is 46.9 cm³/mol. The lowest BCUT2D eigenvalue weighted by Gasteiger charge is -2.33. The zero-order valence-corrected chi connectivity index (χ0v) is 8.09. The first-order valence-corrected chi connectivity index (χ1v) is 4.64. The monoisotopic (exact) mass is 218 g/mol. The van der Waals surface area contributed by atoms with Gasteiger partial charge in [0.2, 0.25) is 5.91 Å². The largest absolute Gasteiger partial charge is 0.390 e. The van der Waals surface area contributed by atoms with Crippen LogP contribution >= 0.6 is 0 Å². The Hall–Kier alpha value is -1.22. The summed E-state index contributed by atoms with van der Waals surface area (Å²) in [5.41, 5.74) is -1.12. The molecule has 0 spiro atoms. The quantitative estimate of drug-likeness (QED) is 0.718. The Morgan fingerprint density at radius 1 is 1.60 bits per heavy atom. The second-order valence-electron chi connectivity index (χ2n) is 3.74. The molecular weight excluding hydrogens is 206 g/mol. The molecule has 1 rings (SSSR count). The standard InChI is InChI=1S/C9H12F2N2O2/c10-9(11,6-14)5-13-7(15)8(4-12)2-1-3-8/h14H,1-3,5-6H2,(H,13,15). The van der Waals surface area contributed by atoms with Crippen molar-refractivity contribution in [2.45, 2.75) is 25.2 Å². The number of aliphatic hydroxyl groups is 1. The summed E-state index contributed by atoms with van der Waals surface area (Å²) in [6.45, 7) is -2.24. The summed E-state index contributed by atoms with van der Waals surface area (Å²) in [4.78, 5) is 11.4. The molecule has 0 heterocycles. The molecule has 0 bridgehead atoms. The summed E-state index contributed by atoms with van der Waals surface area (Å²) in [5, 5.41) is 19.0. The van der Waals surface area contributed by atoms with Crippen molar-refractivity contribution in [3.8, 4) is 6.07 Å². The van der Waals surface area contributed by atoms with Crippen LogP contribution in [0.4, 0.5) is 8.78 Å². The summed E-state index contributed by atoms with van der Waals surface area (Å²) in [7, 11) is 0. The third-order valence-corrected chi connectivity index (χ3v) is 2.59. The van der Waals surface area contributed by atoms with E-state index >= 15 is 0 Å². The highest BCUT2D eigenvalue weighted by molar-refractivity contribution is 5.86. The highest BCUT2D eigenvalue weighted by atomic mass is 19.3. The Kier molecular flexibility index (Phi) is 3.25. The molecule has 0 atom stereocenters. The van der Waals surface area contributed by atoms with E-state index in [1.807, 2.05) is 11.4 Å². The highest BCUT2D eigenvalue weighted by Crippen LogP contribution is 2.40. The van der Waals surface area contributed by atoms with Gasteiger partial charge in [-0.15, -0.1) is 0 Å². The van der Waals surface area contributed by atoms with Crippen molar-refractivity contribution < 1.29 is 18.7 Å². The molecule has 0 aliphatic heterocycles. The maximum absolute atomic E-state index is 12.6. The Morgan fingerprint density at radius 3 is 2.53 bits per heavy atom. The minimum Gasteiger partial charge on any atom is -0.390 e. The molecule has 4 nitrogen and oxygen atoms in total. The SMILES string of the molecule is N#CC1(C(=O)NCC(F)(F)CO)CCC1. The topological polar surface area (TPSA) is 73.1 Å². The molecule has 6 heteroatoms. The average Bonchev–Trinajstić information content (AvgIpc) is 2.14. The van der Waals surface area contributed by atoms with E-state index in [2.05, 4.69) is 0 Å². The van der Waals surface area contributed by atoms with Gasteiger partial charge in [0.15, 0.2) is 0 Å². The summed E-state index contributed by atoms with van der Waals surface area (Å²) < 4.78 is 25.2. The Morgan fingerprint density at radius 2 is 2.20 bits per heavy atom. The first-order chi connectivity index (χ1) is 6.96. The van der Waals surface area contributed by atoms with E-state index in [-0.39, 0.29) is 0 Å². The van der Waals surface area contributed by atoms with Crippen molar-refractivity contribution in [2.24, 2.45) is 5.41 Å². The lowest BCUT2D eigenvalue weighted by molar-refractivity contribution is -0.134. The molecule has 0 aromatic carbocycles. The maximum Gasteiger partial charge on any atom is 0.287 e. The molecule has 0 aromatic rings. The summed E-state index contributed by atoms with van der Waals surface area (Å²) in [6.07, 6.45) is 1.59. The molecule has 0 saturated heterocycles. The average molecular weight is 218 g/mol. The van der Waals surface area contributed by atoms with Crippen LogP contribution in [0.2, 0.25) is 0 Å². The number of halogens is 2. The molecule has 15 heavy (non-hydrogen) atoms. The number of alkyl halides is 2. The van der Waals surface area contributed by atoms with Crippen LogP contribution in [0.15, 0.2) is 0 Å². The van der Waals surface area contributed by atoms with E-state index in [0.29, 0.717) is 12.8 Å². The van der Waals surface area contributed by atoms with E-state index < -0.39 is 30.4 Å². The number of hydrogen-bond acceptors (Lipinski definition) is 3. The predicted octanol–water partition coefficient (Wildman–Crippen LogP) is 0.424. The number of hydrogen-bond donors (Lipinski definition) is 2. The van der Waals surface area contributed by atoms with Crippen molar-refractivity contribution in [3.05, 3.63) is 0 Å². The van der Waals surface area contributed by atoms with Crippen molar-refractivity contribution >= 4 is 5.91 Å². The van der Waals surface area contributed by atoms with Crippen molar-refractivity contribution in [3.63, 3.8) is 0 Å². The normalized spacial score (nSPS) is 18.8. The molecule has 1 aliphatic carbocycles. The van der Waals surface area contributed by atoms with Gasteiger partial charge in [-0.3, -0.25) is 4.79 Å². The van der Waals surface area contributed by atoms with E-state index in [1.54, 1.807) is 0 Å². The molecule has 84 valence electrons. The van der Waals surface area contributed by atoms with Crippen LogP contribution in [0.3, 0.4) is 0 Å². The van der Waals surface area contributed by atoms with Gasteiger partial charge < -0.3 is 10.4 Å². The van der Waals surface area contributed by atoms with Gasteiger partial charge in [-0.25, -0.2) is 8.78 Å². The fourth-order valence-corrected chi connectivity index (χ4v) is 1.35. The third-order valence-electron chi connectivity index (χ3n) is 2.59. The Labute approximate surface area is 85.9 Å². The van der Waals surface area contributed by atoms with Gasteiger partial charge in [0.1, 0.15) is 12.0 Å². The smallest absolute Gasteiger partial charge is 0.287 e. The number of carbonyl (C=O) groups excluding carboxylic acids is 1. The lowest BCUT2D eigenvalue weighted by atomic mass is 9.69. The second-order valence-corrected chi connectivity index (χ2v) is 3.74. The molecule has 2 N–H and O–H groups in total. The molecular formula is C9H12F2N2O2. The minimum absolute atomic E-state index is 0.417. The number of nitrogens with one attached hydrogen (secondary N) is 1. The number of aliphatic hydroxyl groups excluding tert-OH is 1. The summed E-state index contributed by atoms with van der Waals surface area (Å²) >= 11 is 0. The Balaban J connectivity index is 2.47. The molecule has 0 radical (unpaired) electrons. The van der Waals surface area contributed by atoms with Crippen molar-refractivity contribution in [2.75, 3.05) is 13.2 Å². The van der Waals surface area contributed by atoms with Gasteiger partial charge in [-0.1, -0.05) is 0 Å². The number of amides is 1. The maximum atomic E-state index is 12.6. The Bertz CT molecular complexity index is 295. The summed E-state index contributed by atoms with van der Waals surface area (Å²) in [6, 6.07) is 1.85. The molecule has 0 unspecified atom stereocenters. The van der Waals surface area contributed by atoms with E-state index in [1.165, 1.54) is 0 Å².